The first kappa shape index (κ1) is 19.5. The first-order valence-electron chi connectivity index (χ1n) is 8.52. The molecule has 0 heterocycles. The second kappa shape index (κ2) is 9.04. The van der Waals surface area contributed by atoms with Crippen molar-refractivity contribution >= 4 is 11.7 Å². The Balaban J connectivity index is 1.87. The van der Waals surface area contributed by atoms with Crippen LogP contribution in [0.4, 0.5) is 0 Å². The minimum atomic E-state index is -0.154. The van der Waals surface area contributed by atoms with Gasteiger partial charge in [0.25, 0.3) is 0 Å². The zero-order chi connectivity index (χ0) is 19.1. The van der Waals surface area contributed by atoms with E-state index in [-0.39, 0.29) is 24.5 Å². The Kier molecular flexibility index (Phi) is 6.78. The quantitative estimate of drug-likeness (QED) is 0.735. The monoisotopic (exact) mass is 355 g/mol. The van der Waals surface area contributed by atoms with E-state index in [1.165, 1.54) is 0 Å². The fourth-order valence-electron chi connectivity index (χ4n) is 2.68. The normalized spacial score (nSPS) is 10.3. The second-order valence-electron chi connectivity index (χ2n) is 6.21. The Hall–Kier alpha value is -2.82. The van der Waals surface area contributed by atoms with E-state index in [1.807, 2.05) is 44.2 Å². The second-order valence-corrected chi connectivity index (χ2v) is 6.21. The van der Waals surface area contributed by atoms with Crippen LogP contribution in [0.2, 0.25) is 0 Å². The summed E-state index contributed by atoms with van der Waals surface area (Å²) in [7, 11) is 3.14. The molecule has 5 nitrogen and oxygen atoms in total. The van der Waals surface area contributed by atoms with Crippen molar-refractivity contribution in [3.05, 3.63) is 58.7 Å². The van der Waals surface area contributed by atoms with Gasteiger partial charge in [-0.2, -0.15) is 0 Å². The number of ketones is 1. The first-order chi connectivity index (χ1) is 12.4. The molecule has 2 aromatic carbocycles. The fourth-order valence-corrected chi connectivity index (χ4v) is 2.68. The Labute approximate surface area is 154 Å². The van der Waals surface area contributed by atoms with Crippen LogP contribution in [0.5, 0.6) is 11.5 Å². The van der Waals surface area contributed by atoms with Crippen LogP contribution in [-0.2, 0) is 11.3 Å². The Morgan fingerprint density at radius 3 is 2.35 bits per heavy atom. The number of carbonyl (C=O) groups excluding carboxylic acids is 2. The zero-order valence-electron chi connectivity index (χ0n) is 15.7. The largest absolute Gasteiger partial charge is 0.493 e. The molecule has 1 N–H and O–H groups in total. The average molecular weight is 355 g/mol. The maximum atomic E-state index is 12.3. The van der Waals surface area contributed by atoms with Crippen LogP contribution in [-0.4, -0.2) is 25.9 Å². The lowest BCUT2D eigenvalue weighted by Gasteiger charge is -2.10. The van der Waals surface area contributed by atoms with Crippen molar-refractivity contribution in [1.29, 1.82) is 0 Å². The molecule has 0 spiro atoms. The molecule has 0 aliphatic carbocycles. The van der Waals surface area contributed by atoms with Gasteiger partial charge in [0.15, 0.2) is 17.3 Å². The maximum absolute atomic E-state index is 12.3. The first-order valence-corrected chi connectivity index (χ1v) is 8.52. The van der Waals surface area contributed by atoms with Crippen molar-refractivity contribution in [2.24, 2.45) is 0 Å². The van der Waals surface area contributed by atoms with E-state index in [9.17, 15) is 9.59 Å². The van der Waals surface area contributed by atoms with Crippen LogP contribution >= 0.6 is 0 Å². The summed E-state index contributed by atoms with van der Waals surface area (Å²) in [6.07, 6.45) is 0.363. The Morgan fingerprint density at radius 2 is 1.65 bits per heavy atom. The lowest BCUT2D eigenvalue weighted by atomic mass is 9.99. The minimum Gasteiger partial charge on any atom is -0.493 e. The van der Waals surface area contributed by atoms with Crippen molar-refractivity contribution in [3.63, 3.8) is 0 Å². The Bertz CT molecular complexity index is 799. The molecule has 0 radical (unpaired) electrons. The lowest BCUT2D eigenvalue weighted by Crippen LogP contribution is -2.23. The van der Waals surface area contributed by atoms with Gasteiger partial charge >= 0.3 is 0 Å². The molecule has 138 valence electrons. The van der Waals surface area contributed by atoms with E-state index in [1.54, 1.807) is 20.3 Å². The summed E-state index contributed by atoms with van der Waals surface area (Å²) < 4.78 is 10.4. The third kappa shape index (κ3) is 5.09. The standard InChI is InChI=1S/C21H25NO4/c1-14-5-6-15(2)17(11-14)18(23)8-10-21(24)22-13-16-7-9-19(25-3)20(12-16)26-4/h5-7,9,11-12H,8,10,13H2,1-4H3,(H,22,24). The molecule has 0 fully saturated rings. The number of Topliss-reactive ketones (excluding diaryl/α,β-unsaturated/α-hetero) is 1. The molecule has 2 aromatic rings. The highest BCUT2D eigenvalue weighted by molar-refractivity contribution is 5.99. The SMILES string of the molecule is COc1ccc(CNC(=O)CCC(=O)c2cc(C)ccc2C)cc1OC. The van der Waals surface area contributed by atoms with E-state index >= 15 is 0 Å². The molecular weight excluding hydrogens is 330 g/mol. The van der Waals surface area contributed by atoms with Gasteiger partial charge in [0.2, 0.25) is 5.91 Å². The minimum absolute atomic E-state index is 0.00698. The highest BCUT2D eigenvalue weighted by Crippen LogP contribution is 2.27. The molecule has 0 atom stereocenters. The van der Waals surface area contributed by atoms with Gasteiger partial charge in [-0.3, -0.25) is 9.59 Å². The number of hydrogen-bond acceptors (Lipinski definition) is 4. The summed E-state index contributed by atoms with van der Waals surface area (Å²) >= 11 is 0. The van der Waals surface area contributed by atoms with Gasteiger partial charge < -0.3 is 14.8 Å². The molecule has 2 rings (SSSR count). The molecule has 0 unspecified atom stereocenters. The zero-order valence-corrected chi connectivity index (χ0v) is 15.7. The summed E-state index contributed by atoms with van der Waals surface area (Å²) in [6, 6.07) is 11.3. The number of nitrogens with one attached hydrogen (secondary N) is 1. The number of carbonyl (C=O) groups is 2. The number of benzene rings is 2. The molecule has 26 heavy (non-hydrogen) atoms. The molecule has 0 aromatic heterocycles. The Morgan fingerprint density at radius 1 is 0.923 bits per heavy atom. The predicted molar refractivity (Wildman–Crippen MR) is 101 cm³/mol. The number of hydrogen-bond donors (Lipinski definition) is 1. The van der Waals surface area contributed by atoms with Gasteiger partial charge in [-0.25, -0.2) is 0 Å². The highest BCUT2D eigenvalue weighted by atomic mass is 16.5. The van der Waals surface area contributed by atoms with Gasteiger partial charge in [0.1, 0.15) is 0 Å². The molecular formula is C21H25NO4. The van der Waals surface area contributed by atoms with Crippen molar-refractivity contribution in [2.75, 3.05) is 14.2 Å². The smallest absolute Gasteiger partial charge is 0.220 e. The molecule has 0 aliphatic rings. The van der Waals surface area contributed by atoms with Crippen molar-refractivity contribution in [1.82, 2.24) is 5.32 Å². The van der Waals surface area contributed by atoms with E-state index in [0.29, 0.717) is 23.6 Å². The van der Waals surface area contributed by atoms with E-state index in [0.717, 1.165) is 16.7 Å². The molecule has 5 heteroatoms. The van der Waals surface area contributed by atoms with Gasteiger partial charge in [-0.1, -0.05) is 23.8 Å². The van der Waals surface area contributed by atoms with E-state index in [4.69, 9.17) is 9.47 Å². The third-order valence-corrected chi connectivity index (χ3v) is 4.21. The van der Waals surface area contributed by atoms with Gasteiger partial charge in [0.05, 0.1) is 14.2 Å². The van der Waals surface area contributed by atoms with E-state index in [2.05, 4.69) is 5.32 Å². The van der Waals surface area contributed by atoms with Crippen LogP contribution in [0.1, 0.15) is 39.9 Å². The molecule has 1 amide bonds. The summed E-state index contributed by atoms with van der Waals surface area (Å²) in [6.45, 7) is 4.23. The third-order valence-electron chi connectivity index (χ3n) is 4.21. The summed E-state index contributed by atoms with van der Waals surface area (Å²) in [5.41, 5.74) is 3.57. The molecule has 0 saturated heterocycles. The molecule has 0 aliphatic heterocycles. The average Bonchev–Trinajstić information content (AvgIpc) is 2.65. The number of methoxy groups -OCH3 is 2. The van der Waals surface area contributed by atoms with Crippen LogP contribution in [0.25, 0.3) is 0 Å². The summed E-state index contributed by atoms with van der Waals surface area (Å²) in [4.78, 5) is 24.4. The van der Waals surface area contributed by atoms with Gasteiger partial charge in [0, 0.05) is 24.9 Å². The summed E-state index contributed by atoms with van der Waals surface area (Å²) in [5, 5.41) is 2.83. The topological polar surface area (TPSA) is 64.6 Å². The lowest BCUT2D eigenvalue weighted by molar-refractivity contribution is -0.121. The maximum Gasteiger partial charge on any atom is 0.220 e. The van der Waals surface area contributed by atoms with Crippen LogP contribution in [0.15, 0.2) is 36.4 Å². The van der Waals surface area contributed by atoms with Crippen LogP contribution < -0.4 is 14.8 Å². The van der Waals surface area contributed by atoms with Crippen molar-refractivity contribution in [3.8, 4) is 11.5 Å². The number of aryl methyl sites for hydroxylation is 2. The number of amides is 1. The van der Waals surface area contributed by atoms with Crippen LogP contribution in [0.3, 0.4) is 0 Å². The highest BCUT2D eigenvalue weighted by Gasteiger charge is 2.12. The van der Waals surface area contributed by atoms with Crippen molar-refractivity contribution < 1.29 is 19.1 Å². The van der Waals surface area contributed by atoms with Crippen molar-refractivity contribution in [2.45, 2.75) is 33.2 Å². The number of rotatable bonds is 8. The van der Waals surface area contributed by atoms with Crippen LogP contribution in [0, 0.1) is 13.8 Å². The van der Waals surface area contributed by atoms with Gasteiger partial charge in [-0.05, 0) is 43.2 Å². The van der Waals surface area contributed by atoms with E-state index < -0.39 is 0 Å². The summed E-state index contributed by atoms with van der Waals surface area (Å²) in [5.74, 6) is 1.09. The van der Waals surface area contributed by atoms with Gasteiger partial charge in [-0.15, -0.1) is 0 Å². The molecule has 0 saturated carbocycles. The fraction of sp³-hybridized carbons (Fsp3) is 0.333. The number of ether oxygens (including phenoxy) is 2. The molecule has 0 bridgehead atoms. The predicted octanol–water partition coefficient (Wildman–Crippen LogP) is 3.60.